The number of thioether (sulfide) groups is 1. The molecule has 2 heteroatoms. The van der Waals surface area contributed by atoms with Gasteiger partial charge in [0.15, 0.2) is 5.78 Å². The zero-order chi connectivity index (χ0) is 23.2. The zero-order valence-corrected chi connectivity index (χ0v) is 21.5. The Labute approximate surface area is 201 Å². The van der Waals surface area contributed by atoms with Crippen LogP contribution in [0.3, 0.4) is 0 Å². The lowest BCUT2D eigenvalue weighted by Crippen LogP contribution is -2.00. The fraction of sp³-hybridized carbons (Fsp3) is 0.500. The van der Waals surface area contributed by atoms with Gasteiger partial charge in [0, 0.05) is 10.5 Å². The number of unbranched alkanes of at least 4 members (excludes halogenated alkanes) is 9. The van der Waals surface area contributed by atoms with E-state index in [4.69, 9.17) is 0 Å². The van der Waals surface area contributed by atoms with Crippen LogP contribution in [0, 0.1) is 20.8 Å². The van der Waals surface area contributed by atoms with Crippen LogP contribution in [0.15, 0.2) is 47.4 Å². The quantitative estimate of drug-likeness (QED) is 0.116. The predicted molar refractivity (Wildman–Crippen MR) is 143 cm³/mol. The Bertz CT molecular complexity index is 848. The molecule has 0 fully saturated rings. The molecule has 0 saturated heterocycles. The van der Waals surface area contributed by atoms with Gasteiger partial charge in [0.1, 0.15) is 0 Å². The van der Waals surface area contributed by atoms with Gasteiger partial charge in [-0.25, -0.2) is 0 Å². The van der Waals surface area contributed by atoms with E-state index < -0.39 is 0 Å². The van der Waals surface area contributed by atoms with E-state index >= 15 is 0 Å². The molecule has 0 bridgehead atoms. The molecule has 0 saturated carbocycles. The number of carbonyl (C=O) groups excluding carboxylic acids is 1. The van der Waals surface area contributed by atoms with Crippen molar-refractivity contribution in [3.8, 4) is 0 Å². The van der Waals surface area contributed by atoms with Gasteiger partial charge in [0.25, 0.3) is 0 Å². The molecule has 2 aromatic rings. The van der Waals surface area contributed by atoms with Gasteiger partial charge in [-0.2, -0.15) is 0 Å². The van der Waals surface area contributed by atoms with E-state index in [1.807, 2.05) is 30.8 Å². The average Bonchev–Trinajstić information content (AvgIpc) is 2.79. The molecule has 0 aliphatic rings. The summed E-state index contributed by atoms with van der Waals surface area (Å²) in [6, 6.07) is 12.7. The SMILES string of the molecule is CCCCCCCCCCCCSc1ccc(/C=C/C(=O)c2cc(C)c(C)cc2C)cc1. The maximum absolute atomic E-state index is 12.6. The highest BCUT2D eigenvalue weighted by molar-refractivity contribution is 7.99. The van der Waals surface area contributed by atoms with E-state index in [1.165, 1.54) is 80.4 Å². The lowest BCUT2D eigenvalue weighted by Gasteiger charge is -2.07. The van der Waals surface area contributed by atoms with Crippen molar-refractivity contribution in [3.63, 3.8) is 0 Å². The van der Waals surface area contributed by atoms with Crippen LogP contribution in [-0.4, -0.2) is 11.5 Å². The van der Waals surface area contributed by atoms with Crippen LogP contribution >= 0.6 is 11.8 Å². The molecule has 0 radical (unpaired) electrons. The van der Waals surface area contributed by atoms with Crippen molar-refractivity contribution in [1.29, 1.82) is 0 Å². The van der Waals surface area contributed by atoms with Crippen LogP contribution in [0.1, 0.15) is 104 Å². The van der Waals surface area contributed by atoms with Gasteiger partial charge in [-0.15, -0.1) is 11.8 Å². The van der Waals surface area contributed by atoms with Crippen molar-refractivity contribution >= 4 is 23.6 Å². The summed E-state index contributed by atoms with van der Waals surface area (Å²) in [5.74, 6) is 1.26. The predicted octanol–water partition coefficient (Wildman–Crippen LogP) is 9.52. The van der Waals surface area contributed by atoms with E-state index in [0.29, 0.717) is 0 Å². The maximum atomic E-state index is 12.6. The molecule has 0 aliphatic heterocycles. The van der Waals surface area contributed by atoms with Crippen LogP contribution in [-0.2, 0) is 0 Å². The number of allylic oxidation sites excluding steroid dienone is 1. The Kier molecular flexibility index (Phi) is 12.5. The second kappa shape index (κ2) is 15.1. The van der Waals surface area contributed by atoms with Crippen molar-refractivity contribution in [1.82, 2.24) is 0 Å². The molecule has 32 heavy (non-hydrogen) atoms. The molecule has 174 valence electrons. The second-order valence-electron chi connectivity index (χ2n) is 9.05. The molecule has 2 aromatic carbocycles. The number of hydrogen-bond acceptors (Lipinski definition) is 2. The Morgan fingerprint density at radius 2 is 1.31 bits per heavy atom. The number of rotatable bonds is 15. The third-order valence-corrected chi connectivity index (χ3v) is 7.28. The van der Waals surface area contributed by atoms with Crippen molar-refractivity contribution in [2.75, 3.05) is 5.75 Å². The van der Waals surface area contributed by atoms with E-state index in [-0.39, 0.29) is 5.78 Å². The highest BCUT2D eigenvalue weighted by atomic mass is 32.2. The summed E-state index contributed by atoms with van der Waals surface area (Å²) in [6.45, 7) is 8.43. The standard InChI is InChI=1S/C30H42OS/c1-5-6-7-8-9-10-11-12-13-14-21-32-28-18-15-27(16-19-28)17-20-30(31)29-23-25(3)24(2)22-26(29)4/h15-20,22-23H,5-14,21H2,1-4H3/b20-17+. The summed E-state index contributed by atoms with van der Waals surface area (Å²) in [7, 11) is 0. The van der Waals surface area contributed by atoms with Crippen molar-refractivity contribution in [3.05, 3.63) is 70.3 Å². The van der Waals surface area contributed by atoms with Crippen LogP contribution in [0.2, 0.25) is 0 Å². The third-order valence-electron chi connectivity index (χ3n) is 6.18. The zero-order valence-electron chi connectivity index (χ0n) is 20.7. The minimum Gasteiger partial charge on any atom is -0.289 e. The van der Waals surface area contributed by atoms with Crippen LogP contribution in [0.4, 0.5) is 0 Å². The summed E-state index contributed by atoms with van der Waals surface area (Å²) < 4.78 is 0. The first-order valence-electron chi connectivity index (χ1n) is 12.5. The lowest BCUT2D eigenvalue weighted by molar-refractivity contribution is 0.104. The molecule has 0 atom stereocenters. The smallest absolute Gasteiger partial charge is 0.186 e. The Morgan fingerprint density at radius 1 is 0.750 bits per heavy atom. The molecule has 0 heterocycles. The summed E-state index contributed by atoms with van der Waals surface area (Å²) >= 11 is 1.94. The number of ketones is 1. The van der Waals surface area contributed by atoms with E-state index in [2.05, 4.69) is 51.1 Å². The highest BCUT2D eigenvalue weighted by Gasteiger charge is 2.08. The van der Waals surface area contributed by atoms with Crippen LogP contribution in [0.25, 0.3) is 6.08 Å². The normalized spacial score (nSPS) is 11.4. The van der Waals surface area contributed by atoms with Gasteiger partial charge in [-0.3, -0.25) is 4.79 Å². The monoisotopic (exact) mass is 450 g/mol. The van der Waals surface area contributed by atoms with Crippen LogP contribution in [0.5, 0.6) is 0 Å². The van der Waals surface area contributed by atoms with E-state index in [1.54, 1.807) is 6.08 Å². The van der Waals surface area contributed by atoms with Gasteiger partial charge in [0.2, 0.25) is 0 Å². The molecular formula is C30H42OS. The molecule has 0 amide bonds. The largest absolute Gasteiger partial charge is 0.289 e. The fourth-order valence-electron chi connectivity index (χ4n) is 3.94. The van der Waals surface area contributed by atoms with Gasteiger partial charge >= 0.3 is 0 Å². The first-order chi connectivity index (χ1) is 15.5. The van der Waals surface area contributed by atoms with Gasteiger partial charge in [-0.05, 0) is 79.5 Å². The summed E-state index contributed by atoms with van der Waals surface area (Å²) in [5, 5.41) is 0. The number of aryl methyl sites for hydroxylation is 3. The molecule has 0 spiro atoms. The average molecular weight is 451 g/mol. The molecule has 0 unspecified atom stereocenters. The molecule has 0 aliphatic carbocycles. The number of hydrogen-bond donors (Lipinski definition) is 0. The maximum Gasteiger partial charge on any atom is 0.186 e. The van der Waals surface area contributed by atoms with Crippen molar-refractivity contribution < 1.29 is 4.79 Å². The Morgan fingerprint density at radius 3 is 1.94 bits per heavy atom. The van der Waals surface area contributed by atoms with Gasteiger partial charge < -0.3 is 0 Å². The van der Waals surface area contributed by atoms with Gasteiger partial charge in [0.05, 0.1) is 0 Å². The summed E-state index contributed by atoms with van der Waals surface area (Å²) in [6.07, 6.45) is 17.5. The lowest BCUT2D eigenvalue weighted by atomic mass is 9.97. The molecule has 0 N–H and O–H groups in total. The third kappa shape index (κ3) is 9.77. The fourth-order valence-corrected chi connectivity index (χ4v) is 4.86. The second-order valence-corrected chi connectivity index (χ2v) is 10.2. The van der Waals surface area contributed by atoms with Gasteiger partial charge in [-0.1, -0.05) is 89.0 Å². The molecule has 1 nitrogen and oxygen atoms in total. The van der Waals surface area contributed by atoms with E-state index in [9.17, 15) is 4.79 Å². The first-order valence-corrected chi connectivity index (χ1v) is 13.5. The highest BCUT2D eigenvalue weighted by Crippen LogP contribution is 2.22. The summed E-state index contributed by atoms with van der Waals surface area (Å²) in [5.41, 5.74) is 5.31. The van der Waals surface area contributed by atoms with E-state index in [0.717, 1.165) is 22.3 Å². The number of carbonyl (C=O) groups is 1. The first kappa shape index (κ1) is 26.5. The molecule has 2 rings (SSSR count). The minimum absolute atomic E-state index is 0.0741. The summed E-state index contributed by atoms with van der Waals surface area (Å²) in [4.78, 5) is 13.9. The minimum atomic E-state index is 0.0741. The molecule has 0 aromatic heterocycles. The molecular weight excluding hydrogens is 408 g/mol. The topological polar surface area (TPSA) is 17.1 Å². The number of benzene rings is 2. The van der Waals surface area contributed by atoms with Crippen molar-refractivity contribution in [2.45, 2.75) is 96.8 Å². The Hall–Kier alpha value is -1.80. The van der Waals surface area contributed by atoms with Crippen LogP contribution < -0.4 is 0 Å². The Balaban J connectivity index is 1.66. The van der Waals surface area contributed by atoms with Crippen molar-refractivity contribution in [2.24, 2.45) is 0 Å².